The molecule has 0 aliphatic carbocycles. The van der Waals surface area contributed by atoms with Crippen molar-refractivity contribution in [1.29, 1.82) is 0 Å². The van der Waals surface area contributed by atoms with Gasteiger partial charge in [0.1, 0.15) is 24.2 Å². The monoisotopic (exact) mass is 456 g/mol. The van der Waals surface area contributed by atoms with Crippen LogP contribution in [-0.2, 0) is 11.4 Å². The molecule has 0 bridgehead atoms. The average molecular weight is 456 g/mol. The Balaban J connectivity index is 1.42. The molecule has 1 aliphatic heterocycles. The van der Waals surface area contributed by atoms with E-state index in [4.69, 9.17) is 4.74 Å². The van der Waals surface area contributed by atoms with Crippen molar-refractivity contribution < 1.29 is 13.9 Å². The molecule has 2 N–H and O–H groups in total. The first-order valence-electron chi connectivity index (χ1n) is 10.7. The standard InChI is InChI=1S/C25H21FN6O2/c1-16-22(24(33)28-19-8-3-2-4-9-19)23(32-25(27-16)29-30-31-32)17-11-13-20(14-12-17)34-15-18-7-5-6-10-21(18)26/h2-14,23H,15H2,1H3,(H,28,33)(H,27,29,31). The lowest BCUT2D eigenvalue weighted by molar-refractivity contribution is -0.113. The predicted molar refractivity (Wildman–Crippen MR) is 125 cm³/mol. The number of anilines is 2. The Kier molecular flexibility index (Phi) is 5.73. The fourth-order valence-electron chi connectivity index (χ4n) is 3.86. The molecule has 0 saturated heterocycles. The molecule has 0 saturated carbocycles. The maximum atomic E-state index is 13.9. The highest BCUT2D eigenvalue weighted by atomic mass is 19.1. The highest BCUT2D eigenvalue weighted by Crippen LogP contribution is 2.35. The smallest absolute Gasteiger partial charge is 0.255 e. The number of para-hydroxylation sites is 1. The zero-order valence-electron chi connectivity index (χ0n) is 18.3. The van der Waals surface area contributed by atoms with E-state index in [1.807, 2.05) is 49.4 Å². The Morgan fingerprint density at radius 3 is 2.56 bits per heavy atom. The number of benzene rings is 3. The number of tetrazole rings is 1. The lowest BCUT2D eigenvalue weighted by Crippen LogP contribution is -2.31. The number of carbonyl (C=O) groups is 1. The molecule has 2 heterocycles. The van der Waals surface area contributed by atoms with E-state index in [-0.39, 0.29) is 18.3 Å². The fourth-order valence-corrected chi connectivity index (χ4v) is 3.86. The van der Waals surface area contributed by atoms with Crippen molar-refractivity contribution >= 4 is 17.5 Å². The normalized spacial score (nSPS) is 14.8. The molecule has 34 heavy (non-hydrogen) atoms. The highest BCUT2D eigenvalue weighted by molar-refractivity contribution is 6.06. The molecular formula is C25H21FN6O2. The van der Waals surface area contributed by atoms with Gasteiger partial charge < -0.3 is 15.4 Å². The van der Waals surface area contributed by atoms with E-state index in [0.717, 1.165) is 5.56 Å². The largest absolute Gasteiger partial charge is 0.489 e. The molecule has 9 heteroatoms. The van der Waals surface area contributed by atoms with Gasteiger partial charge in [-0.3, -0.25) is 4.79 Å². The molecule has 1 unspecified atom stereocenters. The number of allylic oxidation sites excluding steroid dienone is 1. The van der Waals surface area contributed by atoms with E-state index in [9.17, 15) is 9.18 Å². The summed E-state index contributed by atoms with van der Waals surface area (Å²) in [5.74, 6) is 0.449. The SMILES string of the molecule is CC1=C(C(=O)Nc2ccccc2)C(c2ccc(OCc3ccccc3F)cc2)n2nnnc2N1. The molecule has 1 atom stereocenters. The molecule has 4 aromatic rings. The molecule has 1 aliphatic rings. The zero-order chi connectivity index (χ0) is 23.5. The van der Waals surface area contributed by atoms with Crippen molar-refractivity contribution in [1.82, 2.24) is 20.2 Å². The topological polar surface area (TPSA) is 94.0 Å². The average Bonchev–Trinajstić information content (AvgIpc) is 3.32. The molecule has 1 aromatic heterocycles. The van der Waals surface area contributed by atoms with Crippen LogP contribution in [0.25, 0.3) is 0 Å². The van der Waals surface area contributed by atoms with Gasteiger partial charge in [-0.05, 0) is 53.2 Å². The van der Waals surface area contributed by atoms with Gasteiger partial charge in [0.15, 0.2) is 0 Å². The van der Waals surface area contributed by atoms with Crippen LogP contribution in [0, 0.1) is 5.82 Å². The summed E-state index contributed by atoms with van der Waals surface area (Å²) in [6.45, 7) is 1.93. The quantitative estimate of drug-likeness (QED) is 0.449. The van der Waals surface area contributed by atoms with Gasteiger partial charge in [-0.1, -0.05) is 53.6 Å². The molecule has 0 fully saturated rings. The minimum atomic E-state index is -0.546. The lowest BCUT2D eigenvalue weighted by Gasteiger charge is -2.28. The summed E-state index contributed by atoms with van der Waals surface area (Å²) in [5.41, 5.74) is 3.10. The Labute approximate surface area is 195 Å². The van der Waals surface area contributed by atoms with Crippen molar-refractivity contribution in [3.63, 3.8) is 0 Å². The maximum Gasteiger partial charge on any atom is 0.255 e. The van der Waals surface area contributed by atoms with Crippen LogP contribution in [0.4, 0.5) is 16.0 Å². The Bertz CT molecular complexity index is 1350. The van der Waals surface area contributed by atoms with Crippen molar-refractivity contribution in [2.75, 3.05) is 10.6 Å². The molecule has 3 aromatic carbocycles. The van der Waals surface area contributed by atoms with Gasteiger partial charge in [0, 0.05) is 16.9 Å². The van der Waals surface area contributed by atoms with Crippen LogP contribution in [-0.4, -0.2) is 26.1 Å². The molecule has 170 valence electrons. The van der Waals surface area contributed by atoms with Gasteiger partial charge in [0.2, 0.25) is 5.95 Å². The number of halogens is 1. The molecular weight excluding hydrogens is 435 g/mol. The van der Waals surface area contributed by atoms with Crippen molar-refractivity contribution in [3.8, 4) is 5.75 Å². The summed E-state index contributed by atoms with van der Waals surface area (Å²) in [5, 5.41) is 17.9. The first-order valence-corrected chi connectivity index (χ1v) is 10.7. The lowest BCUT2D eigenvalue weighted by atomic mass is 9.95. The minimum absolute atomic E-state index is 0.111. The third-order valence-corrected chi connectivity index (χ3v) is 5.54. The minimum Gasteiger partial charge on any atom is -0.489 e. The molecule has 0 radical (unpaired) electrons. The molecule has 0 spiro atoms. The first-order chi connectivity index (χ1) is 16.6. The Hall–Kier alpha value is -4.53. The van der Waals surface area contributed by atoms with Crippen LogP contribution < -0.4 is 15.4 Å². The third-order valence-electron chi connectivity index (χ3n) is 5.54. The van der Waals surface area contributed by atoms with Crippen LogP contribution >= 0.6 is 0 Å². The second kappa shape index (κ2) is 9.14. The number of nitrogens with zero attached hydrogens (tertiary/aromatic N) is 4. The summed E-state index contributed by atoms with van der Waals surface area (Å²) in [4.78, 5) is 13.3. The number of amides is 1. The molecule has 1 amide bonds. The van der Waals surface area contributed by atoms with Gasteiger partial charge in [0.05, 0.1) is 5.57 Å². The molecule has 8 nitrogen and oxygen atoms in total. The van der Waals surface area contributed by atoms with E-state index in [1.165, 1.54) is 6.07 Å². The Morgan fingerprint density at radius 2 is 1.79 bits per heavy atom. The number of hydrogen-bond acceptors (Lipinski definition) is 6. The predicted octanol–water partition coefficient (Wildman–Crippen LogP) is 4.32. The number of carbonyl (C=O) groups excluding carboxylic acids is 1. The second-order valence-corrected chi connectivity index (χ2v) is 7.78. The third kappa shape index (κ3) is 4.23. The maximum absolute atomic E-state index is 13.9. The van der Waals surface area contributed by atoms with E-state index in [1.54, 1.807) is 35.0 Å². The van der Waals surface area contributed by atoms with Crippen molar-refractivity contribution in [2.24, 2.45) is 0 Å². The van der Waals surface area contributed by atoms with Crippen molar-refractivity contribution in [3.05, 3.63) is 107 Å². The molecule has 5 rings (SSSR count). The number of nitrogens with one attached hydrogen (secondary N) is 2. The Morgan fingerprint density at radius 1 is 1.06 bits per heavy atom. The van der Waals surface area contributed by atoms with E-state index in [2.05, 4.69) is 26.2 Å². The van der Waals surface area contributed by atoms with Gasteiger partial charge in [0.25, 0.3) is 5.91 Å². The van der Waals surface area contributed by atoms with Gasteiger partial charge >= 0.3 is 0 Å². The number of hydrogen-bond donors (Lipinski definition) is 2. The summed E-state index contributed by atoms with van der Waals surface area (Å²) < 4.78 is 21.2. The van der Waals surface area contributed by atoms with Crippen molar-refractivity contribution in [2.45, 2.75) is 19.6 Å². The number of aromatic nitrogens is 4. The van der Waals surface area contributed by atoms with Gasteiger partial charge in [-0.15, -0.1) is 0 Å². The second-order valence-electron chi connectivity index (χ2n) is 7.78. The summed E-state index contributed by atoms with van der Waals surface area (Å²) in [6.07, 6.45) is 0. The van der Waals surface area contributed by atoms with Crippen LogP contribution in [0.3, 0.4) is 0 Å². The van der Waals surface area contributed by atoms with E-state index in [0.29, 0.717) is 34.2 Å². The van der Waals surface area contributed by atoms with Crippen LogP contribution in [0.5, 0.6) is 5.75 Å². The summed E-state index contributed by atoms with van der Waals surface area (Å²) in [7, 11) is 0. The van der Waals surface area contributed by atoms with E-state index >= 15 is 0 Å². The van der Waals surface area contributed by atoms with Crippen LogP contribution in [0.2, 0.25) is 0 Å². The van der Waals surface area contributed by atoms with Gasteiger partial charge in [-0.2, -0.15) is 4.68 Å². The van der Waals surface area contributed by atoms with Crippen LogP contribution in [0.15, 0.2) is 90.1 Å². The number of rotatable bonds is 6. The summed E-state index contributed by atoms with van der Waals surface area (Å²) >= 11 is 0. The zero-order valence-corrected chi connectivity index (χ0v) is 18.3. The number of ether oxygens (including phenoxy) is 1. The van der Waals surface area contributed by atoms with E-state index < -0.39 is 6.04 Å². The number of fused-ring (bicyclic) bond motifs is 1. The first kappa shape index (κ1) is 21.3. The van der Waals surface area contributed by atoms with Gasteiger partial charge in [-0.25, -0.2) is 4.39 Å². The summed E-state index contributed by atoms with van der Waals surface area (Å²) in [6, 6.07) is 22.4. The fraction of sp³-hybridized carbons (Fsp3) is 0.120. The van der Waals surface area contributed by atoms with Crippen LogP contribution in [0.1, 0.15) is 24.1 Å². The highest BCUT2D eigenvalue weighted by Gasteiger charge is 2.34.